The van der Waals surface area contributed by atoms with E-state index in [4.69, 9.17) is 0 Å². The first-order valence-electron chi connectivity index (χ1n) is 4.55. The second-order valence-corrected chi connectivity index (χ2v) is 8.82. The molecule has 0 fully saturated rings. The van der Waals surface area contributed by atoms with Gasteiger partial charge in [-0.15, -0.1) is 0 Å². The third kappa shape index (κ3) is 4.03. The quantitative estimate of drug-likeness (QED) is 0.511. The Balaban J connectivity index is 4.18. The molecule has 0 aliphatic heterocycles. The highest BCUT2D eigenvalue weighted by Crippen LogP contribution is 2.61. The molecule has 0 bridgehead atoms. The van der Waals surface area contributed by atoms with Crippen molar-refractivity contribution in [3.63, 3.8) is 0 Å². The molecule has 0 amide bonds. The monoisotopic (exact) mass is 224 g/mol. The van der Waals surface area contributed by atoms with Crippen molar-refractivity contribution in [1.29, 1.82) is 0 Å². The van der Waals surface area contributed by atoms with E-state index < -0.39 is 6.65 Å². The highest BCUT2D eigenvalue weighted by molar-refractivity contribution is 8.56. The van der Waals surface area contributed by atoms with Crippen LogP contribution in [-0.4, -0.2) is 43.3 Å². The predicted molar refractivity (Wildman–Crippen MR) is 62.3 cm³/mol. The summed E-state index contributed by atoms with van der Waals surface area (Å²) in [6, 6.07) is 0. The Labute approximate surface area is 86.1 Å². The van der Waals surface area contributed by atoms with Crippen molar-refractivity contribution in [1.82, 2.24) is 9.34 Å². The van der Waals surface area contributed by atoms with Crippen molar-refractivity contribution in [2.75, 3.05) is 33.9 Å². The topological polar surface area (TPSA) is 23.6 Å². The maximum atomic E-state index is 12.3. The van der Waals surface area contributed by atoms with Gasteiger partial charge in [0.05, 0.1) is 0 Å². The molecule has 0 aliphatic rings. The summed E-state index contributed by atoms with van der Waals surface area (Å²) in [5.41, 5.74) is 0. The standard InChI is InChI=1S/C8H21N2OPS/c1-6-7-8-13-12(11,9(2)3)10(4)5/h6-8H2,1-5H3. The van der Waals surface area contributed by atoms with Crippen molar-refractivity contribution in [2.45, 2.75) is 19.8 Å². The van der Waals surface area contributed by atoms with Gasteiger partial charge in [-0.2, -0.15) is 0 Å². The minimum Gasteiger partial charge on any atom is -0.277 e. The molecule has 0 rings (SSSR count). The van der Waals surface area contributed by atoms with Crippen molar-refractivity contribution in [3.8, 4) is 0 Å². The Morgan fingerprint density at radius 1 is 1.15 bits per heavy atom. The molecule has 0 radical (unpaired) electrons. The van der Waals surface area contributed by atoms with Gasteiger partial charge < -0.3 is 0 Å². The van der Waals surface area contributed by atoms with Crippen LogP contribution in [0, 0.1) is 0 Å². The van der Waals surface area contributed by atoms with E-state index in [-0.39, 0.29) is 0 Å². The number of hydrogen-bond donors (Lipinski definition) is 0. The van der Waals surface area contributed by atoms with Crippen molar-refractivity contribution < 1.29 is 4.57 Å². The van der Waals surface area contributed by atoms with Gasteiger partial charge in [0.25, 0.3) is 6.65 Å². The molecule has 0 unspecified atom stereocenters. The molecule has 0 saturated heterocycles. The van der Waals surface area contributed by atoms with Crippen LogP contribution in [-0.2, 0) is 4.57 Å². The smallest absolute Gasteiger partial charge is 0.270 e. The Kier molecular flexibility index (Phi) is 6.31. The van der Waals surface area contributed by atoms with Gasteiger partial charge in [-0.3, -0.25) is 4.57 Å². The van der Waals surface area contributed by atoms with Crippen LogP contribution < -0.4 is 0 Å². The first-order chi connectivity index (χ1) is 5.95. The van der Waals surface area contributed by atoms with Gasteiger partial charge in [-0.05, 0) is 34.6 Å². The molecule has 80 valence electrons. The number of unbranched alkanes of at least 4 members (excludes halogenated alkanes) is 1. The lowest BCUT2D eigenvalue weighted by Crippen LogP contribution is -2.18. The molecule has 0 spiro atoms. The lowest BCUT2D eigenvalue weighted by molar-refractivity contribution is 0.468. The average molecular weight is 224 g/mol. The summed E-state index contributed by atoms with van der Waals surface area (Å²) < 4.78 is 16.0. The zero-order valence-corrected chi connectivity index (χ0v) is 11.0. The second-order valence-electron chi connectivity index (χ2n) is 3.37. The highest BCUT2D eigenvalue weighted by atomic mass is 32.7. The van der Waals surface area contributed by atoms with Gasteiger partial charge in [0.1, 0.15) is 0 Å². The minimum atomic E-state index is -2.31. The molecule has 0 aliphatic carbocycles. The van der Waals surface area contributed by atoms with Gasteiger partial charge in [0.15, 0.2) is 0 Å². The van der Waals surface area contributed by atoms with E-state index in [1.165, 1.54) is 0 Å². The van der Waals surface area contributed by atoms with Gasteiger partial charge in [-0.25, -0.2) is 9.34 Å². The van der Waals surface area contributed by atoms with Crippen LogP contribution >= 0.6 is 18.0 Å². The first-order valence-corrected chi connectivity index (χ1v) is 7.75. The average Bonchev–Trinajstić information content (AvgIpc) is 2.03. The van der Waals surface area contributed by atoms with E-state index in [9.17, 15) is 4.57 Å². The summed E-state index contributed by atoms with van der Waals surface area (Å²) in [6.07, 6.45) is 2.30. The molecule has 0 saturated carbocycles. The maximum Gasteiger partial charge on any atom is 0.270 e. The van der Waals surface area contributed by atoms with Gasteiger partial charge in [-0.1, -0.05) is 24.7 Å². The third-order valence-corrected chi connectivity index (χ3v) is 8.11. The molecular weight excluding hydrogens is 203 g/mol. The lowest BCUT2D eigenvalue weighted by atomic mass is 10.4. The molecule has 3 nitrogen and oxygen atoms in total. The van der Waals surface area contributed by atoms with E-state index in [0.717, 1.165) is 18.6 Å². The highest BCUT2D eigenvalue weighted by Gasteiger charge is 2.27. The molecule has 0 aromatic rings. The summed E-state index contributed by atoms with van der Waals surface area (Å²) in [6.45, 7) is -0.160. The number of nitrogens with zero attached hydrogens (tertiary/aromatic N) is 2. The fraction of sp³-hybridized carbons (Fsp3) is 1.00. The molecule has 0 aromatic heterocycles. The Hall–Kier alpha value is 0.500. The molecule has 5 heteroatoms. The molecule has 0 heterocycles. The molecular formula is C8H21N2OPS. The minimum absolute atomic E-state index is 0.976. The van der Waals surface area contributed by atoms with Crippen LogP contribution in [0.2, 0.25) is 0 Å². The van der Waals surface area contributed by atoms with Crippen LogP contribution in [0.25, 0.3) is 0 Å². The van der Waals surface area contributed by atoms with E-state index in [1.54, 1.807) is 11.4 Å². The summed E-state index contributed by atoms with van der Waals surface area (Å²) >= 11 is 1.57. The van der Waals surface area contributed by atoms with Crippen LogP contribution in [0.5, 0.6) is 0 Å². The van der Waals surface area contributed by atoms with Gasteiger partial charge >= 0.3 is 0 Å². The van der Waals surface area contributed by atoms with Gasteiger partial charge in [0, 0.05) is 5.75 Å². The Morgan fingerprint density at radius 3 is 1.92 bits per heavy atom. The summed E-state index contributed by atoms with van der Waals surface area (Å²) in [4.78, 5) is 0. The summed E-state index contributed by atoms with van der Waals surface area (Å²) in [5, 5.41) is 0. The molecule has 0 N–H and O–H groups in total. The number of hydrogen-bond acceptors (Lipinski definition) is 2. The van der Waals surface area contributed by atoms with Crippen LogP contribution in [0.4, 0.5) is 0 Å². The largest absolute Gasteiger partial charge is 0.277 e. The maximum absolute atomic E-state index is 12.3. The summed E-state index contributed by atoms with van der Waals surface area (Å²) in [7, 11) is 7.50. The van der Waals surface area contributed by atoms with E-state index in [1.807, 2.05) is 37.5 Å². The van der Waals surface area contributed by atoms with Crippen molar-refractivity contribution in [3.05, 3.63) is 0 Å². The van der Waals surface area contributed by atoms with E-state index in [0.29, 0.717) is 0 Å². The molecule has 0 atom stereocenters. The number of rotatable bonds is 6. The zero-order chi connectivity index (χ0) is 10.5. The Bertz CT molecular complexity index is 173. The van der Waals surface area contributed by atoms with Crippen LogP contribution in [0.1, 0.15) is 19.8 Å². The fourth-order valence-corrected chi connectivity index (χ4v) is 5.24. The molecule has 13 heavy (non-hydrogen) atoms. The van der Waals surface area contributed by atoms with E-state index >= 15 is 0 Å². The molecule has 0 aromatic carbocycles. The normalized spacial score (nSPS) is 12.8. The van der Waals surface area contributed by atoms with Crippen molar-refractivity contribution >= 4 is 18.0 Å². The van der Waals surface area contributed by atoms with Gasteiger partial charge in [0.2, 0.25) is 0 Å². The second kappa shape index (κ2) is 6.07. The summed E-state index contributed by atoms with van der Waals surface area (Å²) in [5.74, 6) is 0.976. The zero-order valence-electron chi connectivity index (χ0n) is 9.28. The Morgan fingerprint density at radius 2 is 1.62 bits per heavy atom. The lowest BCUT2D eigenvalue weighted by Gasteiger charge is -2.29. The fourth-order valence-electron chi connectivity index (χ4n) is 0.917. The van der Waals surface area contributed by atoms with Crippen LogP contribution in [0.3, 0.4) is 0 Å². The van der Waals surface area contributed by atoms with Crippen molar-refractivity contribution in [2.24, 2.45) is 0 Å². The first kappa shape index (κ1) is 13.5. The predicted octanol–water partition coefficient (Wildman–Crippen LogP) is 2.75. The SMILES string of the molecule is CCCCSP(=O)(N(C)C)N(C)C. The third-order valence-electron chi connectivity index (χ3n) is 1.77. The van der Waals surface area contributed by atoms with E-state index in [2.05, 4.69) is 6.92 Å². The van der Waals surface area contributed by atoms with Crippen LogP contribution in [0.15, 0.2) is 0 Å².